The van der Waals surface area contributed by atoms with Crippen LogP contribution in [0.2, 0.25) is 0 Å². The number of aryl methyl sites for hydroxylation is 2. The van der Waals surface area contributed by atoms with Gasteiger partial charge in [0.05, 0.1) is 23.3 Å². The van der Waals surface area contributed by atoms with Crippen LogP contribution >= 0.6 is 15.9 Å². The minimum atomic E-state index is 0.135. The fraction of sp³-hybridized carbons (Fsp3) is 0.304. The lowest BCUT2D eigenvalue weighted by atomic mass is 9.83. The molecule has 2 heterocycles. The molecule has 5 heteroatoms. The maximum absolute atomic E-state index is 12.0. The van der Waals surface area contributed by atoms with Crippen LogP contribution in [0.25, 0.3) is 22.4 Å². The molecule has 2 N–H and O–H groups in total. The van der Waals surface area contributed by atoms with Gasteiger partial charge in [0, 0.05) is 5.56 Å². The van der Waals surface area contributed by atoms with Crippen LogP contribution in [-0.2, 0) is 12.8 Å². The second-order valence-electron chi connectivity index (χ2n) is 7.63. The highest BCUT2D eigenvalue weighted by molar-refractivity contribution is 9.09. The van der Waals surface area contributed by atoms with E-state index >= 15 is 0 Å². The third kappa shape index (κ3) is 3.12. The number of imidazole rings is 1. The Morgan fingerprint density at radius 2 is 1.89 bits per heavy atom. The number of aromatic nitrogens is 2. The molecular formula is C23H22BrN3O. The highest BCUT2D eigenvalue weighted by atomic mass is 79.9. The molecule has 0 saturated carbocycles. The molecule has 0 spiro atoms. The lowest BCUT2D eigenvalue weighted by Crippen LogP contribution is -2.14. The SMILES string of the molecule is O=C(CBr)c1ccc2c(c1)CCc1cc(-c3cnc(C4CCCN4)[nH]3)ccc1-2. The van der Waals surface area contributed by atoms with Gasteiger partial charge in [-0.15, -0.1) is 0 Å². The van der Waals surface area contributed by atoms with E-state index < -0.39 is 0 Å². The van der Waals surface area contributed by atoms with Gasteiger partial charge in [-0.3, -0.25) is 4.79 Å². The number of nitrogens with zero attached hydrogens (tertiary/aromatic N) is 1. The zero-order chi connectivity index (χ0) is 19.1. The van der Waals surface area contributed by atoms with Crippen molar-refractivity contribution < 1.29 is 4.79 Å². The molecule has 3 aromatic rings. The van der Waals surface area contributed by atoms with Crippen LogP contribution in [0.4, 0.5) is 0 Å². The van der Waals surface area contributed by atoms with Gasteiger partial charge < -0.3 is 10.3 Å². The first-order valence-electron chi connectivity index (χ1n) is 9.87. The second kappa shape index (κ2) is 7.30. The zero-order valence-electron chi connectivity index (χ0n) is 15.6. The van der Waals surface area contributed by atoms with Crippen LogP contribution in [0, 0.1) is 0 Å². The number of benzene rings is 2. The Labute approximate surface area is 172 Å². The third-order valence-corrected chi connectivity index (χ3v) is 6.41. The van der Waals surface area contributed by atoms with Crippen molar-refractivity contribution in [2.75, 3.05) is 11.9 Å². The largest absolute Gasteiger partial charge is 0.341 e. The molecule has 1 unspecified atom stereocenters. The Morgan fingerprint density at radius 3 is 2.64 bits per heavy atom. The molecule has 1 fully saturated rings. The Kier molecular flexibility index (Phi) is 4.65. The molecule has 0 radical (unpaired) electrons. The Bertz CT molecular complexity index is 1050. The first-order chi connectivity index (χ1) is 13.7. The Hall–Kier alpha value is -2.24. The van der Waals surface area contributed by atoms with Crippen molar-refractivity contribution in [3.63, 3.8) is 0 Å². The molecule has 28 heavy (non-hydrogen) atoms. The highest BCUT2D eigenvalue weighted by Gasteiger charge is 2.21. The highest BCUT2D eigenvalue weighted by Crippen LogP contribution is 2.36. The summed E-state index contributed by atoms with van der Waals surface area (Å²) in [7, 11) is 0. The number of Topliss-reactive ketones (excluding diaryl/α,β-unsaturated/α-hetero) is 1. The first kappa shape index (κ1) is 17.8. The van der Waals surface area contributed by atoms with Gasteiger partial charge in [0.2, 0.25) is 0 Å². The summed E-state index contributed by atoms with van der Waals surface area (Å²) < 4.78 is 0. The minimum absolute atomic E-state index is 0.135. The number of H-pyrrole nitrogens is 1. The predicted octanol–water partition coefficient (Wildman–Crippen LogP) is 4.84. The van der Waals surface area contributed by atoms with E-state index in [1.165, 1.54) is 34.2 Å². The molecule has 1 atom stereocenters. The van der Waals surface area contributed by atoms with Gasteiger partial charge in [-0.2, -0.15) is 0 Å². The number of nitrogens with one attached hydrogen (secondary N) is 2. The molecule has 1 aromatic heterocycles. The van der Waals surface area contributed by atoms with Crippen molar-refractivity contribution in [2.45, 2.75) is 31.7 Å². The lowest BCUT2D eigenvalue weighted by Gasteiger charge is -2.21. The molecule has 1 saturated heterocycles. The summed E-state index contributed by atoms with van der Waals surface area (Å²) in [6.45, 7) is 1.07. The van der Waals surface area contributed by atoms with Crippen LogP contribution in [-0.4, -0.2) is 27.6 Å². The molecule has 0 amide bonds. The molecular weight excluding hydrogens is 414 g/mol. The maximum atomic E-state index is 12.0. The van der Waals surface area contributed by atoms with E-state index in [-0.39, 0.29) is 5.78 Å². The van der Waals surface area contributed by atoms with E-state index in [1.807, 2.05) is 12.3 Å². The summed E-state index contributed by atoms with van der Waals surface area (Å²) in [6.07, 6.45) is 6.27. The number of hydrogen-bond donors (Lipinski definition) is 2. The second-order valence-corrected chi connectivity index (χ2v) is 8.19. The van der Waals surface area contributed by atoms with E-state index in [1.54, 1.807) is 0 Å². The van der Waals surface area contributed by atoms with Crippen LogP contribution < -0.4 is 5.32 Å². The van der Waals surface area contributed by atoms with E-state index in [0.29, 0.717) is 11.4 Å². The number of carbonyl (C=O) groups excluding carboxylic acids is 1. The van der Waals surface area contributed by atoms with Crippen molar-refractivity contribution in [3.05, 3.63) is 65.1 Å². The molecule has 2 aromatic carbocycles. The summed E-state index contributed by atoms with van der Waals surface area (Å²) in [4.78, 5) is 20.1. The van der Waals surface area contributed by atoms with Crippen LogP contribution in [0.3, 0.4) is 0 Å². The van der Waals surface area contributed by atoms with Gasteiger partial charge in [-0.1, -0.05) is 40.2 Å². The zero-order valence-corrected chi connectivity index (χ0v) is 17.2. The summed E-state index contributed by atoms with van der Waals surface area (Å²) in [5.41, 5.74) is 8.21. The van der Waals surface area contributed by atoms with Crippen molar-refractivity contribution >= 4 is 21.7 Å². The topological polar surface area (TPSA) is 57.8 Å². The summed E-state index contributed by atoms with van der Waals surface area (Å²) >= 11 is 3.27. The Morgan fingerprint density at radius 1 is 1.11 bits per heavy atom. The number of fused-ring (bicyclic) bond motifs is 3. The fourth-order valence-corrected chi connectivity index (χ4v) is 4.72. The van der Waals surface area contributed by atoms with Gasteiger partial charge in [-0.05, 0) is 72.2 Å². The minimum Gasteiger partial charge on any atom is -0.341 e. The molecule has 1 aliphatic heterocycles. The molecule has 5 rings (SSSR count). The number of rotatable bonds is 4. The molecule has 142 valence electrons. The van der Waals surface area contributed by atoms with E-state index in [2.05, 4.69) is 61.5 Å². The van der Waals surface area contributed by atoms with E-state index in [9.17, 15) is 4.79 Å². The maximum Gasteiger partial charge on any atom is 0.173 e. The number of ketones is 1. The van der Waals surface area contributed by atoms with Gasteiger partial charge in [-0.25, -0.2) is 4.98 Å². The molecule has 0 bridgehead atoms. The standard InChI is InChI=1S/C23H22BrN3O/c24-12-22(28)17-6-8-19-15(11-17)4-3-14-10-16(5-7-18(14)19)21-13-26-23(27-21)20-2-1-9-25-20/h5-8,10-11,13,20,25H,1-4,9,12H2,(H,26,27). The first-order valence-corrected chi connectivity index (χ1v) is 11.0. The van der Waals surface area contributed by atoms with Crippen LogP contribution in [0.5, 0.6) is 0 Å². The number of aromatic amines is 1. The predicted molar refractivity (Wildman–Crippen MR) is 115 cm³/mol. The van der Waals surface area contributed by atoms with Gasteiger partial charge in [0.15, 0.2) is 5.78 Å². The van der Waals surface area contributed by atoms with Crippen LogP contribution in [0.1, 0.15) is 46.2 Å². The molecule has 4 nitrogen and oxygen atoms in total. The molecule has 1 aliphatic carbocycles. The molecule has 2 aliphatic rings. The summed E-state index contributed by atoms with van der Waals surface area (Å²) in [5.74, 6) is 1.18. The fourth-order valence-electron chi connectivity index (χ4n) is 4.39. The van der Waals surface area contributed by atoms with Crippen LogP contribution in [0.15, 0.2) is 42.6 Å². The van der Waals surface area contributed by atoms with E-state index in [0.717, 1.165) is 42.9 Å². The summed E-state index contributed by atoms with van der Waals surface area (Å²) in [6, 6.07) is 13.1. The van der Waals surface area contributed by atoms with E-state index in [4.69, 9.17) is 0 Å². The van der Waals surface area contributed by atoms with Crippen molar-refractivity contribution in [1.29, 1.82) is 0 Å². The van der Waals surface area contributed by atoms with Gasteiger partial charge in [0.1, 0.15) is 5.82 Å². The van der Waals surface area contributed by atoms with Gasteiger partial charge >= 0.3 is 0 Å². The van der Waals surface area contributed by atoms with Crippen molar-refractivity contribution in [1.82, 2.24) is 15.3 Å². The average molecular weight is 436 g/mol. The van der Waals surface area contributed by atoms with Crippen molar-refractivity contribution in [2.24, 2.45) is 0 Å². The number of alkyl halides is 1. The van der Waals surface area contributed by atoms with Gasteiger partial charge in [0.25, 0.3) is 0 Å². The lowest BCUT2D eigenvalue weighted by molar-refractivity contribution is 0.102. The Balaban J connectivity index is 1.46. The quantitative estimate of drug-likeness (QED) is 0.455. The monoisotopic (exact) mass is 435 g/mol. The van der Waals surface area contributed by atoms with Crippen molar-refractivity contribution in [3.8, 4) is 22.4 Å². The normalized spacial score (nSPS) is 18.0. The third-order valence-electron chi connectivity index (χ3n) is 5.90. The summed E-state index contributed by atoms with van der Waals surface area (Å²) in [5, 5.41) is 3.86. The smallest absolute Gasteiger partial charge is 0.173 e. The number of hydrogen-bond acceptors (Lipinski definition) is 3. The number of halogens is 1. The number of carbonyl (C=O) groups is 1. The average Bonchev–Trinajstić information content (AvgIpc) is 3.44.